The number of ether oxygens (including phenoxy) is 1. The molecule has 27 heavy (non-hydrogen) atoms. The molecule has 1 aromatic heterocycles. The van der Waals surface area contributed by atoms with Crippen molar-refractivity contribution in [2.24, 2.45) is 0 Å². The Morgan fingerprint density at radius 3 is 2.67 bits per heavy atom. The van der Waals surface area contributed by atoms with Crippen molar-refractivity contribution in [3.8, 4) is 5.75 Å². The van der Waals surface area contributed by atoms with Gasteiger partial charge in [0.15, 0.2) is 0 Å². The van der Waals surface area contributed by atoms with Gasteiger partial charge < -0.3 is 9.64 Å². The first-order chi connectivity index (χ1) is 13.2. The van der Waals surface area contributed by atoms with E-state index in [9.17, 15) is 4.79 Å². The summed E-state index contributed by atoms with van der Waals surface area (Å²) in [4.78, 5) is 16.9. The van der Waals surface area contributed by atoms with E-state index in [-0.39, 0.29) is 6.03 Å². The van der Waals surface area contributed by atoms with Crippen LogP contribution in [0, 0.1) is 6.92 Å². The number of carbonyl (C=O) groups excluding carboxylic acids is 1. The Labute approximate surface area is 161 Å². The molecule has 1 saturated heterocycles. The average Bonchev–Trinajstić information content (AvgIpc) is 2.98. The highest BCUT2D eigenvalue weighted by Crippen LogP contribution is 2.15. The fraction of sp³-hybridized carbons (Fsp3) is 0.524. The van der Waals surface area contributed by atoms with Crippen LogP contribution in [0.4, 0.5) is 4.79 Å². The molecule has 0 spiro atoms. The molecular formula is C21H30N4O2. The van der Waals surface area contributed by atoms with Gasteiger partial charge in [-0.3, -0.25) is 4.90 Å². The van der Waals surface area contributed by atoms with Crippen molar-refractivity contribution in [2.75, 3.05) is 32.8 Å². The quantitative estimate of drug-likeness (QED) is 0.730. The zero-order valence-corrected chi connectivity index (χ0v) is 16.4. The van der Waals surface area contributed by atoms with Crippen molar-refractivity contribution in [3.05, 3.63) is 47.8 Å². The number of aryl methyl sites for hydroxylation is 1. The van der Waals surface area contributed by atoms with E-state index in [1.807, 2.05) is 11.8 Å². The van der Waals surface area contributed by atoms with Crippen LogP contribution in [0.15, 0.2) is 36.7 Å². The standard InChI is InChI=1S/C21H30N4O2/c1-3-4-14-27-20-8-6-19(7-9-20)17-23-10-5-11-24(13-12-23)21(26)25-16-18(2)15-22-25/h6-9,15-16H,3-5,10-14,17H2,1-2H3. The molecule has 0 aliphatic carbocycles. The molecule has 6 heteroatoms. The molecule has 1 amide bonds. The van der Waals surface area contributed by atoms with Gasteiger partial charge in [0.05, 0.1) is 12.8 Å². The molecule has 3 rings (SSSR count). The summed E-state index contributed by atoms with van der Waals surface area (Å²) >= 11 is 0. The Bertz CT molecular complexity index is 726. The first kappa shape index (κ1) is 19.4. The molecule has 0 N–H and O–H groups in total. The lowest BCUT2D eigenvalue weighted by Gasteiger charge is -2.22. The van der Waals surface area contributed by atoms with Crippen LogP contribution in [0.25, 0.3) is 0 Å². The van der Waals surface area contributed by atoms with Gasteiger partial charge in [0, 0.05) is 38.9 Å². The molecule has 1 aliphatic rings. The molecular weight excluding hydrogens is 340 g/mol. The van der Waals surface area contributed by atoms with E-state index in [0.29, 0.717) is 0 Å². The number of hydrogen-bond acceptors (Lipinski definition) is 4. The number of carbonyl (C=O) groups is 1. The number of benzene rings is 1. The third kappa shape index (κ3) is 5.57. The number of rotatable bonds is 6. The Morgan fingerprint density at radius 2 is 1.96 bits per heavy atom. The second kappa shape index (κ2) is 9.55. The SMILES string of the molecule is CCCCOc1ccc(CN2CCCN(C(=O)n3cc(C)cn3)CC2)cc1. The maximum Gasteiger partial charge on any atom is 0.344 e. The number of unbranched alkanes of at least 4 members (excludes halogenated alkanes) is 1. The summed E-state index contributed by atoms with van der Waals surface area (Å²) in [7, 11) is 0. The first-order valence-corrected chi connectivity index (χ1v) is 9.90. The highest BCUT2D eigenvalue weighted by Gasteiger charge is 2.20. The third-order valence-corrected chi connectivity index (χ3v) is 4.86. The van der Waals surface area contributed by atoms with Crippen LogP contribution in [0.3, 0.4) is 0 Å². The lowest BCUT2D eigenvalue weighted by Crippen LogP contribution is -2.38. The van der Waals surface area contributed by atoms with Crippen LogP contribution in [-0.4, -0.2) is 58.4 Å². The maximum absolute atomic E-state index is 12.6. The zero-order valence-electron chi connectivity index (χ0n) is 16.4. The molecule has 0 radical (unpaired) electrons. The van der Waals surface area contributed by atoms with Crippen LogP contribution in [0.1, 0.15) is 37.3 Å². The Kier molecular flexibility index (Phi) is 6.87. The normalized spacial score (nSPS) is 15.6. The predicted molar refractivity (Wildman–Crippen MR) is 106 cm³/mol. The van der Waals surface area contributed by atoms with Crippen molar-refractivity contribution in [1.82, 2.24) is 19.6 Å². The van der Waals surface area contributed by atoms with Crippen LogP contribution in [-0.2, 0) is 6.54 Å². The lowest BCUT2D eigenvalue weighted by molar-refractivity contribution is 0.196. The molecule has 0 unspecified atom stereocenters. The van der Waals surface area contributed by atoms with Crippen molar-refractivity contribution in [3.63, 3.8) is 0 Å². The summed E-state index contributed by atoms with van der Waals surface area (Å²) < 4.78 is 7.18. The van der Waals surface area contributed by atoms with Crippen molar-refractivity contribution < 1.29 is 9.53 Å². The minimum absolute atomic E-state index is 0.0291. The molecule has 1 aliphatic heterocycles. The topological polar surface area (TPSA) is 50.6 Å². The van der Waals surface area contributed by atoms with Gasteiger partial charge in [-0.2, -0.15) is 9.78 Å². The van der Waals surface area contributed by atoms with Crippen LogP contribution in [0.2, 0.25) is 0 Å². The van der Waals surface area contributed by atoms with Gasteiger partial charge in [0.2, 0.25) is 0 Å². The van der Waals surface area contributed by atoms with Gasteiger partial charge in [-0.05, 0) is 43.0 Å². The maximum atomic E-state index is 12.6. The van der Waals surface area contributed by atoms with Gasteiger partial charge in [0.1, 0.15) is 5.75 Å². The molecule has 2 heterocycles. The van der Waals surface area contributed by atoms with Crippen molar-refractivity contribution in [1.29, 1.82) is 0 Å². The highest BCUT2D eigenvalue weighted by molar-refractivity contribution is 5.76. The average molecular weight is 370 g/mol. The summed E-state index contributed by atoms with van der Waals surface area (Å²) in [6.07, 6.45) is 6.71. The minimum Gasteiger partial charge on any atom is -0.494 e. The third-order valence-electron chi connectivity index (χ3n) is 4.86. The summed E-state index contributed by atoms with van der Waals surface area (Å²) in [6.45, 7) is 9.17. The Balaban J connectivity index is 1.50. The van der Waals surface area contributed by atoms with Gasteiger partial charge in [-0.25, -0.2) is 4.79 Å². The van der Waals surface area contributed by atoms with E-state index < -0.39 is 0 Å². The first-order valence-electron chi connectivity index (χ1n) is 9.90. The minimum atomic E-state index is -0.0291. The number of nitrogens with zero attached hydrogens (tertiary/aromatic N) is 4. The molecule has 0 bridgehead atoms. The van der Waals surface area contributed by atoms with Gasteiger partial charge in [-0.1, -0.05) is 25.5 Å². The smallest absolute Gasteiger partial charge is 0.344 e. The molecule has 146 valence electrons. The van der Waals surface area contributed by atoms with Gasteiger partial charge in [-0.15, -0.1) is 0 Å². The van der Waals surface area contributed by atoms with E-state index >= 15 is 0 Å². The van der Waals surface area contributed by atoms with Crippen LogP contribution < -0.4 is 4.74 Å². The number of amides is 1. The lowest BCUT2D eigenvalue weighted by atomic mass is 10.2. The monoisotopic (exact) mass is 370 g/mol. The Morgan fingerprint density at radius 1 is 1.15 bits per heavy atom. The molecule has 0 saturated carbocycles. The highest BCUT2D eigenvalue weighted by atomic mass is 16.5. The molecule has 1 aromatic carbocycles. The van der Waals surface area contributed by atoms with E-state index in [0.717, 1.165) is 69.9 Å². The van der Waals surface area contributed by atoms with Gasteiger partial charge in [0.25, 0.3) is 0 Å². The second-order valence-electron chi connectivity index (χ2n) is 7.21. The van der Waals surface area contributed by atoms with E-state index in [1.165, 1.54) is 10.2 Å². The fourth-order valence-electron chi connectivity index (χ4n) is 3.27. The van der Waals surface area contributed by atoms with Gasteiger partial charge >= 0.3 is 6.03 Å². The summed E-state index contributed by atoms with van der Waals surface area (Å²) in [5.41, 5.74) is 2.28. The van der Waals surface area contributed by atoms with Crippen molar-refractivity contribution >= 4 is 6.03 Å². The molecule has 6 nitrogen and oxygen atoms in total. The largest absolute Gasteiger partial charge is 0.494 e. The zero-order chi connectivity index (χ0) is 19.1. The number of hydrogen-bond donors (Lipinski definition) is 0. The summed E-state index contributed by atoms with van der Waals surface area (Å²) in [6, 6.07) is 8.36. The van der Waals surface area contributed by atoms with E-state index in [4.69, 9.17) is 4.74 Å². The molecule has 0 atom stereocenters. The van der Waals surface area contributed by atoms with Crippen LogP contribution in [0.5, 0.6) is 5.75 Å². The van der Waals surface area contributed by atoms with E-state index in [2.05, 4.69) is 41.2 Å². The summed E-state index contributed by atoms with van der Waals surface area (Å²) in [5.74, 6) is 0.939. The van der Waals surface area contributed by atoms with Crippen molar-refractivity contribution in [2.45, 2.75) is 39.7 Å². The molecule has 2 aromatic rings. The number of aromatic nitrogens is 2. The Hall–Kier alpha value is -2.34. The second-order valence-corrected chi connectivity index (χ2v) is 7.21. The predicted octanol–water partition coefficient (Wildman–Crippen LogP) is 3.55. The molecule has 1 fully saturated rings. The fourth-order valence-corrected chi connectivity index (χ4v) is 3.27. The van der Waals surface area contributed by atoms with E-state index in [1.54, 1.807) is 12.4 Å². The van der Waals surface area contributed by atoms with Crippen LogP contribution >= 0.6 is 0 Å². The summed E-state index contributed by atoms with van der Waals surface area (Å²) in [5, 5.41) is 4.14.